The Labute approximate surface area is 148 Å². The zero-order chi connectivity index (χ0) is 17.1. The Morgan fingerprint density at radius 3 is 2.60 bits per heavy atom. The molecule has 0 saturated carbocycles. The molecule has 0 amide bonds. The Kier molecular flexibility index (Phi) is 4.90. The van der Waals surface area contributed by atoms with E-state index < -0.39 is 0 Å². The largest absolute Gasteiger partial charge is 0.380 e. The monoisotopic (exact) mass is 339 g/mol. The number of pyridine rings is 1. The maximum atomic E-state index is 5.54. The van der Waals surface area contributed by atoms with E-state index in [1.54, 1.807) is 18.6 Å². The summed E-state index contributed by atoms with van der Waals surface area (Å²) < 4.78 is 5.54. The number of nitrogens with zero attached hydrogens (tertiary/aromatic N) is 4. The van der Waals surface area contributed by atoms with Gasteiger partial charge in [-0.05, 0) is 50.9 Å². The van der Waals surface area contributed by atoms with Crippen molar-refractivity contribution < 1.29 is 4.74 Å². The SMILES string of the molecule is Cc1cccnc1Nc1nccnc1C1CCN([C@@H]2CCOC2)CC1. The molecule has 4 heterocycles. The molecule has 2 aliphatic rings. The standard InChI is InChI=1S/C19H25N5O/c1-14-3-2-7-21-18(14)23-19-17(20-8-9-22-19)15-4-10-24(11-5-15)16-6-12-25-13-16/h2-3,7-9,15-16H,4-6,10-13H2,1H3,(H,21,22,23)/t16-/m1/s1. The summed E-state index contributed by atoms with van der Waals surface area (Å²) in [6.07, 6.45) is 8.74. The minimum Gasteiger partial charge on any atom is -0.380 e. The van der Waals surface area contributed by atoms with Gasteiger partial charge in [-0.1, -0.05) is 6.07 Å². The first-order valence-corrected chi connectivity index (χ1v) is 9.12. The van der Waals surface area contributed by atoms with Crippen LogP contribution in [-0.2, 0) is 4.74 Å². The lowest BCUT2D eigenvalue weighted by Crippen LogP contribution is -2.41. The molecular weight excluding hydrogens is 314 g/mol. The van der Waals surface area contributed by atoms with Gasteiger partial charge in [-0.2, -0.15) is 0 Å². The maximum Gasteiger partial charge on any atom is 0.153 e. The fraction of sp³-hybridized carbons (Fsp3) is 0.526. The molecule has 6 heteroatoms. The molecule has 0 bridgehead atoms. The Balaban J connectivity index is 1.47. The molecule has 6 nitrogen and oxygen atoms in total. The van der Waals surface area contributed by atoms with Crippen LogP contribution in [-0.4, -0.2) is 52.2 Å². The van der Waals surface area contributed by atoms with Crippen LogP contribution in [0.1, 0.15) is 36.4 Å². The van der Waals surface area contributed by atoms with Crippen LogP contribution in [0.3, 0.4) is 0 Å². The summed E-state index contributed by atoms with van der Waals surface area (Å²) >= 11 is 0. The highest BCUT2D eigenvalue weighted by Gasteiger charge is 2.30. The molecule has 2 fully saturated rings. The summed E-state index contributed by atoms with van der Waals surface area (Å²) in [6.45, 7) is 6.07. The van der Waals surface area contributed by atoms with E-state index in [4.69, 9.17) is 4.74 Å². The van der Waals surface area contributed by atoms with Gasteiger partial charge in [-0.3, -0.25) is 9.88 Å². The van der Waals surface area contributed by atoms with Gasteiger partial charge in [0, 0.05) is 37.2 Å². The summed E-state index contributed by atoms with van der Waals surface area (Å²) in [5.41, 5.74) is 2.17. The molecule has 25 heavy (non-hydrogen) atoms. The summed E-state index contributed by atoms with van der Waals surface area (Å²) in [5.74, 6) is 2.13. The van der Waals surface area contributed by atoms with Gasteiger partial charge in [-0.25, -0.2) is 9.97 Å². The van der Waals surface area contributed by atoms with Gasteiger partial charge >= 0.3 is 0 Å². The predicted molar refractivity (Wildman–Crippen MR) is 97.1 cm³/mol. The normalized spacial score (nSPS) is 22.2. The number of aromatic nitrogens is 3. The molecule has 2 aromatic rings. The van der Waals surface area contributed by atoms with E-state index in [1.807, 2.05) is 19.1 Å². The zero-order valence-corrected chi connectivity index (χ0v) is 14.7. The summed E-state index contributed by atoms with van der Waals surface area (Å²) in [7, 11) is 0. The van der Waals surface area contributed by atoms with Crippen molar-refractivity contribution in [3.63, 3.8) is 0 Å². The number of aryl methyl sites for hydroxylation is 1. The molecule has 0 aromatic carbocycles. The lowest BCUT2D eigenvalue weighted by Gasteiger charge is -2.35. The van der Waals surface area contributed by atoms with Gasteiger partial charge in [0.05, 0.1) is 12.3 Å². The van der Waals surface area contributed by atoms with Gasteiger partial charge < -0.3 is 10.1 Å². The van der Waals surface area contributed by atoms with Crippen molar-refractivity contribution in [1.82, 2.24) is 19.9 Å². The predicted octanol–water partition coefficient (Wildman–Crippen LogP) is 2.89. The minimum atomic E-state index is 0.443. The molecule has 1 N–H and O–H groups in total. The second kappa shape index (κ2) is 7.45. The van der Waals surface area contributed by atoms with E-state index in [1.165, 1.54) is 6.42 Å². The van der Waals surface area contributed by atoms with Crippen molar-refractivity contribution in [3.05, 3.63) is 42.0 Å². The quantitative estimate of drug-likeness (QED) is 0.924. The van der Waals surface area contributed by atoms with Gasteiger partial charge in [-0.15, -0.1) is 0 Å². The number of hydrogen-bond acceptors (Lipinski definition) is 6. The Morgan fingerprint density at radius 2 is 1.84 bits per heavy atom. The number of nitrogens with one attached hydrogen (secondary N) is 1. The zero-order valence-electron chi connectivity index (χ0n) is 14.7. The van der Waals surface area contributed by atoms with Crippen LogP contribution in [0.2, 0.25) is 0 Å². The summed E-state index contributed by atoms with van der Waals surface area (Å²) in [6, 6.07) is 4.60. The molecule has 2 aromatic heterocycles. The summed E-state index contributed by atoms with van der Waals surface area (Å²) in [5, 5.41) is 3.39. The van der Waals surface area contributed by atoms with Crippen molar-refractivity contribution in [2.24, 2.45) is 0 Å². The van der Waals surface area contributed by atoms with Gasteiger partial charge in [0.15, 0.2) is 5.82 Å². The smallest absolute Gasteiger partial charge is 0.153 e. The van der Waals surface area contributed by atoms with E-state index in [0.717, 1.165) is 62.0 Å². The highest BCUT2D eigenvalue weighted by molar-refractivity contribution is 5.57. The first-order valence-electron chi connectivity index (χ1n) is 9.12. The molecule has 4 rings (SSSR count). The number of piperidine rings is 1. The van der Waals surface area contributed by atoms with E-state index in [9.17, 15) is 0 Å². The Hall–Kier alpha value is -2.05. The lowest BCUT2D eigenvalue weighted by atomic mass is 9.92. The van der Waals surface area contributed by atoms with Crippen molar-refractivity contribution in [1.29, 1.82) is 0 Å². The molecule has 2 aliphatic heterocycles. The van der Waals surface area contributed by atoms with Crippen LogP contribution in [0.4, 0.5) is 11.6 Å². The Bertz CT molecular complexity index is 708. The molecular formula is C19H25N5O. The number of anilines is 2. The first-order chi connectivity index (χ1) is 12.3. The fourth-order valence-electron chi connectivity index (χ4n) is 3.82. The van der Waals surface area contributed by atoms with Gasteiger partial charge in [0.25, 0.3) is 0 Å². The van der Waals surface area contributed by atoms with E-state index in [2.05, 4.69) is 25.2 Å². The number of hydrogen-bond donors (Lipinski definition) is 1. The molecule has 2 saturated heterocycles. The van der Waals surface area contributed by atoms with E-state index in [-0.39, 0.29) is 0 Å². The number of rotatable bonds is 4. The highest BCUT2D eigenvalue weighted by atomic mass is 16.5. The van der Waals surface area contributed by atoms with Crippen LogP contribution in [0.25, 0.3) is 0 Å². The van der Waals surface area contributed by atoms with Crippen molar-refractivity contribution >= 4 is 11.6 Å². The lowest BCUT2D eigenvalue weighted by molar-refractivity contribution is 0.121. The maximum absolute atomic E-state index is 5.54. The second-order valence-electron chi connectivity index (χ2n) is 6.91. The topological polar surface area (TPSA) is 63.2 Å². The summed E-state index contributed by atoms with van der Waals surface area (Å²) in [4.78, 5) is 16.2. The van der Waals surface area contributed by atoms with Crippen LogP contribution >= 0.6 is 0 Å². The first kappa shape index (κ1) is 16.4. The van der Waals surface area contributed by atoms with Crippen molar-refractivity contribution in [2.45, 2.75) is 38.1 Å². The van der Waals surface area contributed by atoms with E-state index >= 15 is 0 Å². The molecule has 0 radical (unpaired) electrons. The molecule has 0 unspecified atom stereocenters. The van der Waals surface area contributed by atoms with Crippen molar-refractivity contribution in [3.8, 4) is 0 Å². The number of likely N-dealkylation sites (tertiary alicyclic amines) is 1. The second-order valence-corrected chi connectivity index (χ2v) is 6.91. The van der Waals surface area contributed by atoms with Crippen LogP contribution in [0, 0.1) is 6.92 Å². The third-order valence-electron chi connectivity index (χ3n) is 5.31. The van der Waals surface area contributed by atoms with Crippen LogP contribution in [0.5, 0.6) is 0 Å². The Morgan fingerprint density at radius 1 is 1.04 bits per heavy atom. The third-order valence-corrected chi connectivity index (χ3v) is 5.31. The fourth-order valence-corrected chi connectivity index (χ4v) is 3.82. The molecule has 132 valence electrons. The average molecular weight is 339 g/mol. The average Bonchev–Trinajstić information content (AvgIpc) is 3.19. The van der Waals surface area contributed by atoms with Crippen LogP contribution < -0.4 is 5.32 Å². The molecule has 0 aliphatic carbocycles. The molecule has 1 atom stereocenters. The highest BCUT2D eigenvalue weighted by Crippen LogP contribution is 2.33. The van der Waals surface area contributed by atoms with Crippen molar-refractivity contribution in [2.75, 3.05) is 31.6 Å². The van der Waals surface area contributed by atoms with Gasteiger partial charge in [0.1, 0.15) is 5.82 Å². The number of ether oxygens (including phenoxy) is 1. The minimum absolute atomic E-state index is 0.443. The van der Waals surface area contributed by atoms with Crippen LogP contribution in [0.15, 0.2) is 30.7 Å². The third kappa shape index (κ3) is 3.65. The van der Waals surface area contributed by atoms with E-state index in [0.29, 0.717) is 12.0 Å². The van der Waals surface area contributed by atoms with Gasteiger partial charge in [0.2, 0.25) is 0 Å². The molecule has 0 spiro atoms.